The lowest BCUT2D eigenvalue weighted by Gasteiger charge is -2.25. The highest BCUT2D eigenvalue weighted by atomic mass is 79.9. The molecule has 0 aliphatic carbocycles. The molecule has 0 aromatic carbocycles. The average molecular weight is 282 g/mol. The summed E-state index contributed by atoms with van der Waals surface area (Å²) in [5.74, 6) is 0. The summed E-state index contributed by atoms with van der Waals surface area (Å²) in [6.45, 7) is 8.77. The number of nitrogens with zero attached hydrogens (tertiary/aromatic N) is 1. The molecule has 0 fully saturated rings. The second-order valence-corrected chi connectivity index (χ2v) is 4.57. The quantitative estimate of drug-likeness (QED) is 0.452. The van der Waals surface area contributed by atoms with E-state index >= 15 is 0 Å². The molecule has 0 amide bonds. The molecule has 4 heteroatoms. The Labute approximate surface area is 102 Å². The molecule has 0 radical (unpaired) electrons. The molecule has 0 aliphatic heterocycles. The summed E-state index contributed by atoms with van der Waals surface area (Å²) in [5.41, 5.74) is 0. The number of hydrogen-bond donors (Lipinski definition) is 0. The van der Waals surface area contributed by atoms with Gasteiger partial charge in [-0.2, -0.15) is 0 Å². The van der Waals surface area contributed by atoms with Crippen LogP contribution in [-0.4, -0.2) is 56.3 Å². The summed E-state index contributed by atoms with van der Waals surface area (Å²) in [6.07, 6.45) is 1.19. The van der Waals surface area contributed by atoms with Crippen LogP contribution in [0.15, 0.2) is 0 Å². The van der Waals surface area contributed by atoms with Crippen molar-refractivity contribution in [3.63, 3.8) is 0 Å². The van der Waals surface area contributed by atoms with Gasteiger partial charge in [0.15, 0.2) is 0 Å². The van der Waals surface area contributed by atoms with Crippen LogP contribution >= 0.6 is 15.9 Å². The molecular weight excluding hydrogens is 258 g/mol. The van der Waals surface area contributed by atoms with E-state index in [1.54, 1.807) is 7.11 Å². The highest BCUT2D eigenvalue weighted by Gasteiger charge is 2.07. The van der Waals surface area contributed by atoms with Crippen molar-refractivity contribution >= 4 is 15.9 Å². The predicted octanol–water partition coefficient (Wildman–Crippen LogP) is 2.14. The first kappa shape index (κ1) is 15.4. The van der Waals surface area contributed by atoms with Crippen molar-refractivity contribution in [2.45, 2.75) is 26.3 Å². The van der Waals surface area contributed by atoms with Gasteiger partial charge in [0.1, 0.15) is 0 Å². The third kappa shape index (κ3) is 9.30. The lowest BCUT2D eigenvalue weighted by molar-refractivity contribution is 0.0523. The smallest absolute Gasteiger partial charge is 0.0700 e. The summed E-state index contributed by atoms with van der Waals surface area (Å²) in [6, 6.07) is 0.593. The minimum absolute atomic E-state index is 0.593. The number of halogens is 1. The van der Waals surface area contributed by atoms with Gasteiger partial charge in [-0.05, 0) is 26.8 Å². The summed E-state index contributed by atoms with van der Waals surface area (Å²) in [7, 11) is 1.69. The van der Waals surface area contributed by atoms with Crippen LogP contribution in [-0.2, 0) is 9.47 Å². The fraction of sp³-hybridized carbons (Fsp3) is 1.00. The van der Waals surface area contributed by atoms with E-state index in [0.29, 0.717) is 19.3 Å². The molecule has 0 aromatic rings. The Bertz CT molecular complexity index is 134. The fourth-order valence-electron chi connectivity index (χ4n) is 1.32. The van der Waals surface area contributed by atoms with Crippen LogP contribution in [0.3, 0.4) is 0 Å². The Kier molecular flexibility index (Phi) is 11.1. The molecular formula is C11H24BrNO2. The number of methoxy groups -OCH3 is 1. The Morgan fingerprint density at radius 3 is 2.40 bits per heavy atom. The Morgan fingerprint density at radius 1 is 1.13 bits per heavy atom. The number of ether oxygens (including phenoxy) is 2. The molecule has 0 aromatic heterocycles. The minimum atomic E-state index is 0.593. The molecule has 0 N–H and O–H groups in total. The first-order valence-electron chi connectivity index (χ1n) is 5.59. The van der Waals surface area contributed by atoms with Crippen molar-refractivity contribution in [2.75, 3.05) is 45.4 Å². The van der Waals surface area contributed by atoms with E-state index in [0.717, 1.165) is 25.0 Å². The molecule has 92 valence electrons. The zero-order chi connectivity index (χ0) is 11.5. The van der Waals surface area contributed by atoms with Crippen molar-refractivity contribution in [1.29, 1.82) is 0 Å². The van der Waals surface area contributed by atoms with Gasteiger partial charge in [-0.1, -0.05) is 15.9 Å². The van der Waals surface area contributed by atoms with Crippen molar-refractivity contribution in [1.82, 2.24) is 4.90 Å². The third-order valence-electron chi connectivity index (χ3n) is 2.26. The van der Waals surface area contributed by atoms with E-state index in [2.05, 4.69) is 34.7 Å². The van der Waals surface area contributed by atoms with Crippen LogP contribution in [0.4, 0.5) is 0 Å². The van der Waals surface area contributed by atoms with E-state index < -0.39 is 0 Å². The molecule has 0 aliphatic rings. The van der Waals surface area contributed by atoms with E-state index in [1.807, 2.05) is 0 Å². The molecule has 0 heterocycles. The maximum Gasteiger partial charge on any atom is 0.0700 e. The van der Waals surface area contributed by atoms with E-state index in [-0.39, 0.29) is 0 Å². The second kappa shape index (κ2) is 10.9. The van der Waals surface area contributed by atoms with Crippen LogP contribution in [0.1, 0.15) is 20.3 Å². The normalized spacial score (nSPS) is 11.6. The molecule has 0 saturated heterocycles. The lowest BCUT2D eigenvalue weighted by atomic mass is 10.3. The van der Waals surface area contributed by atoms with Crippen molar-refractivity contribution in [3.05, 3.63) is 0 Å². The summed E-state index contributed by atoms with van der Waals surface area (Å²) < 4.78 is 10.4. The molecule has 0 spiro atoms. The summed E-state index contributed by atoms with van der Waals surface area (Å²) in [4.78, 5) is 2.44. The third-order valence-corrected chi connectivity index (χ3v) is 2.82. The van der Waals surface area contributed by atoms with Gasteiger partial charge in [0, 0.05) is 25.0 Å². The van der Waals surface area contributed by atoms with E-state index in [4.69, 9.17) is 9.47 Å². The highest BCUT2D eigenvalue weighted by molar-refractivity contribution is 9.09. The number of alkyl halides is 1. The maximum absolute atomic E-state index is 5.46. The van der Waals surface area contributed by atoms with E-state index in [1.165, 1.54) is 6.42 Å². The Hall–Kier alpha value is 0.360. The molecule has 0 saturated carbocycles. The summed E-state index contributed by atoms with van der Waals surface area (Å²) >= 11 is 3.45. The molecule has 0 atom stereocenters. The zero-order valence-electron chi connectivity index (χ0n) is 10.2. The van der Waals surface area contributed by atoms with Crippen LogP contribution in [0.5, 0.6) is 0 Å². The maximum atomic E-state index is 5.46. The zero-order valence-corrected chi connectivity index (χ0v) is 11.8. The predicted molar refractivity (Wildman–Crippen MR) is 67.8 cm³/mol. The highest BCUT2D eigenvalue weighted by Crippen LogP contribution is 2.01. The summed E-state index contributed by atoms with van der Waals surface area (Å²) in [5, 5.41) is 1.07. The van der Waals surface area contributed by atoms with Gasteiger partial charge in [0.05, 0.1) is 19.8 Å². The Morgan fingerprint density at radius 2 is 1.87 bits per heavy atom. The van der Waals surface area contributed by atoms with Crippen molar-refractivity contribution in [2.24, 2.45) is 0 Å². The van der Waals surface area contributed by atoms with Crippen molar-refractivity contribution < 1.29 is 9.47 Å². The standard InChI is InChI=1S/C11H24BrNO2/c1-11(2)13(6-4-5-12)7-8-15-10-9-14-3/h11H,4-10H2,1-3H3. The Balaban J connectivity index is 3.48. The molecule has 0 rings (SSSR count). The van der Waals surface area contributed by atoms with Gasteiger partial charge in [-0.25, -0.2) is 0 Å². The van der Waals surface area contributed by atoms with Crippen LogP contribution in [0.2, 0.25) is 0 Å². The van der Waals surface area contributed by atoms with Gasteiger partial charge >= 0.3 is 0 Å². The average Bonchev–Trinajstić information content (AvgIpc) is 2.21. The van der Waals surface area contributed by atoms with Gasteiger partial charge in [-0.15, -0.1) is 0 Å². The van der Waals surface area contributed by atoms with Gasteiger partial charge < -0.3 is 9.47 Å². The molecule has 0 bridgehead atoms. The number of rotatable bonds is 10. The molecule has 15 heavy (non-hydrogen) atoms. The van der Waals surface area contributed by atoms with Gasteiger partial charge in [0.2, 0.25) is 0 Å². The first-order chi connectivity index (χ1) is 7.22. The largest absolute Gasteiger partial charge is 0.382 e. The SMILES string of the molecule is COCCOCCN(CCCBr)C(C)C. The molecule has 0 unspecified atom stereocenters. The first-order valence-corrected chi connectivity index (χ1v) is 6.71. The molecule has 3 nitrogen and oxygen atoms in total. The van der Waals surface area contributed by atoms with Gasteiger partial charge in [0.25, 0.3) is 0 Å². The minimum Gasteiger partial charge on any atom is -0.382 e. The van der Waals surface area contributed by atoms with Gasteiger partial charge in [-0.3, -0.25) is 4.90 Å². The lowest BCUT2D eigenvalue weighted by Crippen LogP contribution is -2.35. The van der Waals surface area contributed by atoms with Crippen molar-refractivity contribution in [3.8, 4) is 0 Å². The fourth-order valence-corrected chi connectivity index (χ4v) is 1.57. The van der Waals surface area contributed by atoms with Crippen LogP contribution in [0.25, 0.3) is 0 Å². The topological polar surface area (TPSA) is 21.7 Å². The van der Waals surface area contributed by atoms with E-state index in [9.17, 15) is 0 Å². The number of hydrogen-bond acceptors (Lipinski definition) is 3. The van der Waals surface area contributed by atoms with Crippen LogP contribution in [0, 0.1) is 0 Å². The van der Waals surface area contributed by atoms with Crippen LogP contribution < -0.4 is 0 Å². The second-order valence-electron chi connectivity index (χ2n) is 3.78. The monoisotopic (exact) mass is 281 g/mol.